The number of nitro groups is 1. The number of allylic oxidation sites excluding steroid dienone is 2. The number of nitro benzene ring substituents is 1. The average Bonchev–Trinajstić information content (AvgIpc) is 2.72. The third kappa shape index (κ3) is 3.68. The molecule has 1 heterocycles. The van der Waals surface area contributed by atoms with Crippen molar-refractivity contribution in [3.8, 4) is 0 Å². The molecule has 4 rings (SSSR count). The molecule has 2 aromatic rings. The first-order valence-electron chi connectivity index (χ1n) is 10.1. The van der Waals surface area contributed by atoms with Gasteiger partial charge in [0.2, 0.25) is 5.91 Å². The second-order valence-corrected chi connectivity index (χ2v) is 7.94. The summed E-state index contributed by atoms with van der Waals surface area (Å²) in [4.78, 5) is 37.9. The molecule has 2 aromatic carbocycles. The van der Waals surface area contributed by atoms with E-state index in [1.54, 1.807) is 0 Å². The van der Waals surface area contributed by atoms with Gasteiger partial charge in [-0.15, -0.1) is 0 Å². The zero-order valence-corrected chi connectivity index (χ0v) is 17.1. The molecule has 2 aliphatic rings. The van der Waals surface area contributed by atoms with Crippen molar-refractivity contribution in [3.05, 3.63) is 80.5 Å². The predicted octanol–water partition coefficient (Wildman–Crippen LogP) is 5.45. The Hall–Kier alpha value is -3.49. The summed E-state index contributed by atoms with van der Waals surface area (Å²) in [6, 6.07) is 9.47. The van der Waals surface area contributed by atoms with E-state index < -0.39 is 34.2 Å². The maximum Gasteiger partial charge on any atom is 0.416 e. The van der Waals surface area contributed by atoms with Crippen LogP contribution in [0.25, 0.3) is 0 Å². The number of carbonyl (C=O) groups excluding carboxylic acids is 2. The van der Waals surface area contributed by atoms with Gasteiger partial charge in [-0.1, -0.05) is 24.3 Å². The van der Waals surface area contributed by atoms with Gasteiger partial charge < -0.3 is 0 Å². The summed E-state index contributed by atoms with van der Waals surface area (Å²) in [5.74, 6) is -1.13. The monoisotopic (exact) mass is 444 g/mol. The average molecular weight is 444 g/mol. The highest BCUT2D eigenvalue weighted by Gasteiger charge is 2.42. The second kappa shape index (κ2) is 7.89. The van der Waals surface area contributed by atoms with Gasteiger partial charge in [0, 0.05) is 36.1 Å². The molecular weight excluding hydrogens is 425 g/mol. The molecule has 1 aliphatic carbocycles. The van der Waals surface area contributed by atoms with E-state index in [4.69, 9.17) is 0 Å². The molecule has 1 amide bonds. The number of halogens is 3. The number of rotatable bonds is 3. The van der Waals surface area contributed by atoms with Crippen molar-refractivity contribution in [3.63, 3.8) is 0 Å². The Morgan fingerprint density at radius 2 is 1.81 bits per heavy atom. The molecule has 0 radical (unpaired) electrons. The lowest BCUT2D eigenvalue weighted by Crippen LogP contribution is -2.41. The number of ketones is 1. The Kier molecular flexibility index (Phi) is 5.36. The van der Waals surface area contributed by atoms with Crippen LogP contribution in [0, 0.1) is 17.0 Å². The number of Topliss-reactive ketones (excluding diaryl/α,β-unsaturated/α-hetero) is 1. The zero-order chi connectivity index (χ0) is 23.2. The van der Waals surface area contributed by atoms with Crippen molar-refractivity contribution in [2.45, 2.75) is 44.7 Å². The van der Waals surface area contributed by atoms with Crippen molar-refractivity contribution >= 4 is 23.1 Å². The molecule has 0 spiro atoms. The fraction of sp³-hybridized carbons (Fsp3) is 0.304. The minimum atomic E-state index is -4.77. The van der Waals surface area contributed by atoms with Gasteiger partial charge in [-0.25, -0.2) is 0 Å². The molecule has 0 N–H and O–H groups in total. The summed E-state index contributed by atoms with van der Waals surface area (Å²) in [5.41, 5.74) is 0.234. The molecule has 0 saturated heterocycles. The van der Waals surface area contributed by atoms with Gasteiger partial charge >= 0.3 is 6.18 Å². The highest BCUT2D eigenvalue weighted by Crippen LogP contribution is 2.46. The summed E-state index contributed by atoms with van der Waals surface area (Å²) in [6.07, 6.45) is -3.80. The first-order chi connectivity index (χ1) is 15.1. The highest BCUT2D eigenvalue weighted by atomic mass is 19.4. The second-order valence-electron chi connectivity index (χ2n) is 7.94. The first-order valence-corrected chi connectivity index (χ1v) is 10.1. The Morgan fingerprint density at radius 1 is 1.09 bits per heavy atom. The third-order valence-electron chi connectivity index (χ3n) is 5.98. The minimum Gasteiger partial charge on any atom is -0.294 e. The van der Waals surface area contributed by atoms with Crippen molar-refractivity contribution < 1.29 is 27.7 Å². The van der Waals surface area contributed by atoms with Crippen LogP contribution >= 0.6 is 0 Å². The number of nitrogens with zero attached hydrogens (tertiary/aromatic N) is 2. The Balaban J connectivity index is 1.91. The first kappa shape index (κ1) is 21.7. The SMILES string of the molecule is Cc1ccccc1C1CC(=O)N(c2ccc(C(F)(F)F)cc2[N+](=O)[O-])C2=C1C(=O)CCC2. The number of carbonyl (C=O) groups is 2. The molecule has 6 nitrogen and oxygen atoms in total. The Morgan fingerprint density at radius 3 is 2.47 bits per heavy atom. The van der Waals surface area contributed by atoms with Gasteiger partial charge in [0.25, 0.3) is 5.69 Å². The lowest BCUT2D eigenvalue weighted by molar-refractivity contribution is -0.384. The molecule has 0 bridgehead atoms. The molecule has 32 heavy (non-hydrogen) atoms. The number of alkyl halides is 3. The van der Waals surface area contributed by atoms with E-state index in [9.17, 15) is 32.9 Å². The van der Waals surface area contributed by atoms with Crippen LogP contribution < -0.4 is 4.90 Å². The number of hydrogen-bond acceptors (Lipinski definition) is 4. The molecular formula is C23H19F3N2O4. The number of benzene rings is 2. The van der Waals surface area contributed by atoms with Crippen LogP contribution in [0.15, 0.2) is 53.7 Å². The van der Waals surface area contributed by atoms with Crippen LogP contribution in [0.4, 0.5) is 24.5 Å². The summed E-state index contributed by atoms with van der Waals surface area (Å²) in [5, 5.41) is 11.6. The Bertz CT molecular complexity index is 1170. The normalized spacial score (nSPS) is 19.2. The van der Waals surface area contributed by atoms with Gasteiger partial charge in [-0.05, 0) is 43.0 Å². The topological polar surface area (TPSA) is 80.5 Å². The molecule has 9 heteroatoms. The van der Waals surface area contributed by atoms with Gasteiger partial charge in [0.15, 0.2) is 5.78 Å². The summed E-state index contributed by atoms with van der Waals surface area (Å²) < 4.78 is 39.4. The largest absolute Gasteiger partial charge is 0.416 e. The summed E-state index contributed by atoms with van der Waals surface area (Å²) >= 11 is 0. The molecule has 0 saturated carbocycles. The van der Waals surface area contributed by atoms with Crippen LogP contribution in [0.1, 0.15) is 48.3 Å². The van der Waals surface area contributed by atoms with Crippen molar-refractivity contribution in [2.24, 2.45) is 0 Å². The van der Waals surface area contributed by atoms with E-state index in [2.05, 4.69) is 0 Å². The van der Waals surface area contributed by atoms with Gasteiger partial charge in [0.1, 0.15) is 5.69 Å². The molecule has 166 valence electrons. The summed E-state index contributed by atoms with van der Waals surface area (Å²) in [7, 11) is 0. The highest BCUT2D eigenvalue weighted by molar-refractivity contribution is 6.08. The fourth-order valence-corrected chi connectivity index (χ4v) is 4.55. The molecule has 1 aliphatic heterocycles. The number of anilines is 1. The minimum absolute atomic E-state index is 0.104. The van der Waals surface area contributed by atoms with Crippen LogP contribution in [0.5, 0.6) is 0 Å². The van der Waals surface area contributed by atoms with Gasteiger partial charge in [-0.2, -0.15) is 13.2 Å². The number of amides is 1. The molecule has 1 atom stereocenters. The Labute approximate surface area is 181 Å². The molecule has 1 unspecified atom stereocenters. The lowest BCUT2D eigenvalue weighted by Gasteiger charge is -2.38. The van der Waals surface area contributed by atoms with E-state index >= 15 is 0 Å². The lowest BCUT2D eigenvalue weighted by atomic mass is 9.76. The van der Waals surface area contributed by atoms with Crippen LogP contribution in [0.2, 0.25) is 0 Å². The zero-order valence-electron chi connectivity index (χ0n) is 17.1. The van der Waals surface area contributed by atoms with Crippen molar-refractivity contribution in [1.82, 2.24) is 0 Å². The van der Waals surface area contributed by atoms with E-state index in [0.29, 0.717) is 42.7 Å². The fourth-order valence-electron chi connectivity index (χ4n) is 4.55. The smallest absolute Gasteiger partial charge is 0.294 e. The third-order valence-corrected chi connectivity index (χ3v) is 5.98. The van der Waals surface area contributed by atoms with E-state index in [0.717, 1.165) is 22.1 Å². The van der Waals surface area contributed by atoms with Crippen LogP contribution in [-0.2, 0) is 15.8 Å². The van der Waals surface area contributed by atoms with Gasteiger partial charge in [-0.3, -0.25) is 24.6 Å². The molecule has 0 fully saturated rings. The van der Waals surface area contributed by atoms with Crippen LogP contribution in [-0.4, -0.2) is 16.6 Å². The van der Waals surface area contributed by atoms with E-state index in [-0.39, 0.29) is 17.9 Å². The van der Waals surface area contributed by atoms with Crippen molar-refractivity contribution in [2.75, 3.05) is 4.90 Å². The maximum atomic E-state index is 13.2. The number of hydrogen-bond donors (Lipinski definition) is 0. The van der Waals surface area contributed by atoms with Gasteiger partial charge in [0.05, 0.1) is 10.5 Å². The summed E-state index contributed by atoms with van der Waals surface area (Å²) in [6.45, 7) is 1.88. The van der Waals surface area contributed by atoms with E-state index in [1.165, 1.54) is 0 Å². The maximum absolute atomic E-state index is 13.2. The molecule has 0 aromatic heterocycles. The van der Waals surface area contributed by atoms with Crippen LogP contribution in [0.3, 0.4) is 0 Å². The standard InChI is InChI=1S/C23H19F3N2O4/c1-13-5-2-3-6-15(13)16-12-21(30)27(18-7-4-8-20(29)22(16)18)17-10-9-14(23(24,25)26)11-19(17)28(31)32/h2-3,5-6,9-11,16H,4,7-8,12H2,1H3. The predicted molar refractivity (Wildman–Crippen MR) is 110 cm³/mol. The van der Waals surface area contributed by atoms with E-state index in [1.807, 2.05) is 31.2 Å². The van der Waals surface area contributed by atoms with Crippen molar-refractivity contribution in [1.29, 1.82) is 0 Å². The quantitative estimate of drug-likeness (QED) is 0.466. The number of aryl methyl sites for hydroxylation is 1.